The van der Waals surface area contributed by atoms with E-state index in [0.29, 0.717) is 25.9 Å². The van der Waals surface area contributed by atoms with Crippen LogP contribution in [0.25, 0.3) is 0 Å². The smallest absolute Gasteiger partial charge is 0.374 e. The van der Waals surface area contributed by atoms with Crippen LogP contribution in [0.15, 0.2) is 18.2 Å². The summed E-state index contributed by atoms with van der Waals surface area (Å²) in [6, 6.07) is 6.69. The van der Waals surface area contributed by atoms with Crippen LogP contribution in [0.3, 0.4) is 0 Å². The summed E-state index contributed by atoms with van der Waals surface area (Å²) in [6.07, 6.45) is 0. The molecule has 0 radical (unpaired) electrons. The van der Waals surface area contributed by atoms with E-state index >= 15 is 0 Å². The molecular weight excluding hydrogens is 280 g/mol. The molecule has 0 aliphatic heterocycles. The molecule has 0 fully saturated rings. The van der Waals surface area contributed by atoms with Crippen molar-refractivity contribution in [1.82, 2.24) is 0 Å². The Labute approximate surface area is 122 Å². The van der Waals surface area contributed by atoms with Gasteiger partial charge in [-0.15, -0.1) is 0 Å². The molecule has 0 spiro atoms. The lowest BCUT2D eigenvalue weighted by Gasteiger charge is -2.28. The standard InChI is InChI=1S/C14H23ClO3Si/c1-5-16-19(17-6-2,18-7-3)11-13-9-8-12(4)14(15)10-13/h8-10H,5-7,11H2,1-4H3. The van der Waals surface area contributed by atoms with Crippen molar-refractivity contribution >= 4 is 20.4 Å². The van der Waals surface area contributed by atoms with Gasteiger partial charge < -0.3 is 13.3 Å². The van der Waals surface area contributed by atoms with E-state index in [1.807, 2.05) is 39.8 Å². The van der Waals surface area contributed by atoms with E-state index in [0.717, 1.165) is 16.1 Å². The third-order valence-corrected chi connectivity index (χ3v) is 6.18. The van der Waals surface area contributed by atoms with Crippen LogP contribution >= 0.6 is 11.6 Å². The number of benzene rings is 1. The Bertz CT molecular complexity index is 381. The number of hydrogen-bond acceptors (Lipinski definition) is 3. The van der Waals surface area contributed by atoms with Gasteiger partial charge in [-0.05, 0) is 44.9 Å². The average Bonchev–Trinajstić information content (AvgIpc) is 2.35. The SMILES string of the molecule is CCO[Si](Cc1ccc(C)c(Cl)c1)(OCC)OCC. The van der Waals surface area contributed by atoms with Crippen molar-refractivity contribution in [2.45, 2.75) is 33.7 Å². The molecule has 1 aromatic carbocycles. The summed E-state index contributed by atoms with van der Waals surface area (Å²) in [5.41, 5.74) is 2.17. The summed E-state index contributed by atoms with van der Waals surface area (Å²) in [4.78, 5) is 0. The molecule has 0 atom stereocenters. The fraction of sp³-hybridized carbons (Fsp3) is 0.571. The van der Waals surface area contributed by atoms with E-state index in [4.69, 9.17) is 24.9 Å². The first kappa shape index (κ1) is 16.7. The Morgan fingerprint density at radius 1 is 1.00 bits per heavy atom. The Balaban J connectivity index is 2.93. The number of halogens is 1. The van der Waals surface area contributed by atoms with Gasteiger partial charge >= 0.3 is 8.80 Å². The van der Waals surface area contributed by atoms with Crippen LogP contribution in [0.1, 0.15) is 31.9 Å². The minimum Gasteiger partial charge on any atom is -0.374 e. The Morgan fingerprint density at radius 3 is 1.95 bits per heavy atom. The van der Waals surface area contributed by atoms with Gasteiger partial charge in [0.2, 0.25) is 0 Å². The molecular formula is C14H23ClO3Si. The fourth-order valence-electron chi connectivity index (χ4n) is 1.93. The highest BCUT2D eigenvalue weighted by atomic mass is 35.5. The highest BCUT2D eigenvalue weighted by molar-refractivity contribution is 6.60. The third kappa shape index (κ3) is 4.89. The molecule has 0 N–H and O–H groups in total. The molecule has 0 aliphatic carbocycles. The molecule has 5 heteroatoms. The fourth-order valence-corrected chi connectivity index (χ4v) is 4.73. The van der Waals surface area contributed by atoms with Crippen molar-refractivity contribution in [3.8, 4) is 0 Å². The Kier molecular flexibility index (Phi) is 7.03. The van der Waals surface area contributed by atoms with Gasteiger partial charge in [0.25, 0.3) is 0 Å². The van der Waals surface area contributed by atoms with Gasteiger partial charge in [0.15, 0.2) is 0 Å². The van der Waals surface area contributed by atoms with E-state index in [9.17, 15) is 0 Å². The van der Waals surface area contributed by atoms with Gasteiger partial charge in [-0.1, -0.05) is 23.7 Å². The van der Waals surface area contributed by atoms with Crippen molar-refractivity contribution in [3.05, 3.63) is 34.3 Å². The maximum Gasteiger partial charge on any atom is 0.505 e. The van der Waals surface area contributed by atoms with Gasteiger partial charge in [-0.2, -0.15) is 0 Å². The zero-order valence-corrected chi connectivity index (χ0v) is 13.9. The predicted octanol–water partition coefficient (Wildman–Crippen LogP) is 3.78. The van der Waals surface area contributed by atoms with Crippen LogP contribution in [0.4, 0.5) is 0 Å². The first-order valence-corrected chi connectivity index (χ1v) is 9.04. The zero-order valence-electron chi connectivity index (χ0n) is 12.2. The number of aryl methyl sites for hydroxylation is 1. The van der Waals surface area contributed by atoms with Crippen LogP contribution in [0.5, 0.6) is 0 Å². The first-order valence-electron chi connectivity index (χ1n) is 6.73. The molecule has 0 aromatic heterocycles. The lowest BCUT2D eigenvalue weighted by Crippen LogP contribution is -2.48. The second-order valence-corrected chi connectivity index (χ2v) is 7.24. The van der Waals surface area contributed by atoms with E-state index in [1.165, 1.54) is 0 Å². The van der Waals surface area contributed by atoms with Crippen LogP contribution in [-0.2, 0) is 19.3 Å². The molecule has 0 unspecified atom stereocenters. The van der Waals surface area contributed by atoms with E-state index in [-0.39, 0.29) is 0 Å². The summed E-state index contributed by atoms with van der Waals surface area (Å²) < 4.78 is 17.5. The second kappa shape index (κ2) is 8.02. The normalized spacial score (nSPS) is 11.8. The van der Waals surface area contributed by atoms with Crippen LogP contribution < -0.4 is 0 Å². The summed E-state index contributed by atoms with van der Waals surface area (Å²) in [7, 11) is -2.64. The van der Waals surface area contributed by atoms with E-state index in [1.54, 1.807) is 0 Å². The molecule has 0 bridgehead atoms. The average molecular weight is 303 g/mol. The maximum absolute atomic E-state index is 6.17. The van der Waals surface area contributed by atoms with Crippen LogP contribution in [-0.4, -0.2) is 28.6 Å². The number of rotatable bonds is 8. The number of hydrogen-bond donors (Lipinski definition) is 0. The quantitative estimate of drug-likeness (QED) is 0.684. The Morgan fingerprint density at radius 2 is 1.53 bits per heavy atom. The van der Waals surface area contributed by atoms with Crippen LogP contribution in [0.2, 0.25) is 5.02 Å². The Hall–Kier alpha value is -0.393. The van der Waals surface area contributed by atoms with Crippen molar-refractivity contribution in [2.75, 3.05) is 19.8 Å². The monoisotopic (exact) mass is 302 g/mol. The minimum absolute atomic E-state index is 0.589. The molecule has 0 saturated carbocycles. The molecule has 108 valence electrons. The molecule has 1 aromatic rings. The predicted molar refractivity (Wildman–Crippen MR) is 80.5 cm³/mol. The molecule has 0 heterocycles. The molecule has 3 nitrogen and oxygen atoms in total. The summed E-state index contributed by atoms with van der Waals surface area (Å²) >= 11 is 6.17. The molecule has 0 saturated heterocycles. The first-order chi connectivity index (χ1) is 9.06. The van der Waals surface area contributed by atoms with Crippen molar-refractivity contribution in [1.29, 1.82) is 0 Å². The minimum atomic E-state index is -2.64. The highest BCUT2D eigenvalue weighted by Crippen LogP contribution is 2.22. The molecule has 0 aliphatic rings. The largest absolute Gasteiger partial charge is 0.505 e. The zero-order chi connectivity index (χ0) is 14.3. The van der Waals surface area contributed by atoms with Gasteiger partial charge in [0.05, 0.1) is 0 Å². The van der Waals surface area contributed by atoms with Crippen molar-refractivity contribution in [2.24, 2.45) is 0 Å². The van der Waals surface area contributed by atoms with Gasteiger partial charge in [-0.3, -0.25) is 0 Å². The lowest BCUT2D eigenvalue weighted by molar-refractivity contribution is 0.0704. The highest BCUT2D eigenvalue weighted by Gasteiger charge is 2.40. The lowest BCUT2D eigenvalue weighted by atomic mass is 10.2. The molecule has 19 heavy (non-hydrogen) atoms. The topological polar surface area (TPSA) is 27.7 Å². The van der Waals surface area contributed by atoms with E-state index < -0.39 is 8.80 Å². The van der Waals surface area contributed by atoms with E-state index in [2.05, 4.69) is 6.07 Å². The third-order valence-electron chi connectivity index (χ3n) is 2.75. The van der Waals surface area contributed by atoms with Crippen molar-refractivity contribution < 1.29 is 13.3 Å². The van der Waals surface area contributed by atoms with Gasteiger partial charge in [-0.25, -0.2) is 0 Å². The van der Waals surface area contributed by atoms with Gasteiger partial charge in [0.1, 0.15) is 0 Å². The summed E-state index contributed by atoms with van der Waals surface area (Å²) in [5.74, 6) is 0. The van der Waals surface area contributed by atoms with Crippen molar-refractivity contribution in [3.63, 3.8) is 0 Å². The maximum atomic E-state index is 6.17. The summed E-state index contributed by atoms with van der Waals surface area (Å²) in [5, 5.41) is 0.768. The van der Waals surface area contributed by atoms with Gasteiger partial charge in [0, 0.05) is 30.9 Å². The summed E-state index contributed by atoms with van der Waals surface area (Å²) in [6.45, 7) is 9.64. The van der Waals surface area contributed by atoms with Crippen LogP contribution in [0, 0.1) is 6.92 Å². The second-order valence-electron chi connectivity index (χ2n) is 4.24. The molecule has 1 rings (SSSR count). The molecule has 0 amide bonds.